The highest BCUT2D eigenvalue weighted by atomic mass is 14.7. The van der Waals surface area contributed by atoms with Crippen LogP contribution in [0, 0.1) is 20.8 Å². The first-order valence-corrected chi connectivity index (χ1v) is 12.1. The molecule has 0 saturated carbocycles. The molecule has 0 bridgehead atoms. The molecule has 1 nitrogen and oxygen atoms in total. The number of nitrogens with zero attached hydrogens (tertiary/aromatic N) is 1. The second-order valence-corrected chi connectivity index (χ2v) is 5.89. The smallest absolute Gasteiger partial charge is 0.0378 e. The van der Waals surface area contributed by atoms with Crippen molar-refractivity contribution in [3.63, 3.8) is 0 Å². The van der Waals surface area contributed by atoms with Crippen LogP contribution in [0.15, 0.2) is 121 Å². The van der Waals surface area contributed by atoms with E-state index < -0.39 is 0 Å². The summed E-state index contributed by atoms with van der Waals surface area (Å²) in [4.78, 5) is 4.23. The molecule has 0 amide bonds. The molecule has 0 aliphatic carbocycles. The number of pyridine rings is 1. The SMILES string of the molecule is CC.CC.CC.Cc1cc(C)nc(C)c1.c1ccccc1.c1ccccc1.c1ccccc1. The summed E-state index contributed by atoms with van der Waals surface area (Å²) in [5.41, 5.74) is 3.50. The van der Waals surface area contributed by atoms with Crippen molar-refractivity contribution in [2.24, 2.45) is 0 Å². The number of aromatic nitrogens is 1. The van der Waals surface area contributed by atoms with Crippen molar-refractivity contribution in [3.05, 3.63) is 138 Å². The Bertz CT molecular complexity index is 592. The fourth-order valence-corrected chi connectivity index (χ4v) is 2.20. The molecule has 3 aromatic carbocycles. The molecule has 1 heteroatoms. The van der Waals surface area contributed by atoms with Gasteiger partial charge in [0.05, 0.1) is 0 Å². The molecule has 33 heavy (non-hydrogen) atoms. The summed E-state index contributed by atoms with van der Waals surface area (Å²) in [6.45, 7) is 18.1. The average Bonchev–Trinajstić information content (AvgIpc) is 2.91. The lowest BCUT2D eigenvalue weighted by Crippen LogP contribution is -1.85. The zero-order chi connectivity index (χ0) is 25.6. The van der Waals surface area contributed by atoms with Crippen molar-refractivity contribution < 1.29 is 0 Å². The van der Waals surface area contributed by atoms with Crippen LogP contribution in [-0.2, 0) is 0 Å². The van der Waals surface area contributed by atoms with E-state index in [1.807, 2.05) is 165 Å². The van der Waals surface area contributed by atoms with Crippen LogP contribution in [0.3, 0.4) is 0 Å². The summed E-state index contributed by atoms with van der Waals surface area (Å²) in [5, 5.41) is 0. The molecule has 1 heterocycles. The van der Waals surface area contributed by atoms with Gasteiger partial charge in [0.25, 0.3) is 0 Å². The van der Waals surface area contributed by atoms with E-state index in [0.717, 1.165) is 11.4 Å². The molecule has 1 aromatic heterocycles. The van der Waals surface area contributed by atoms with E-state index in [1.54, 1.807) is 0 Å². The zero-order valence-corrected chi connectivity index (χ0v) is 22.5. The number of rotatable bonds is 0. The van der Waals surface area contributed by atoms with E-state index in [1.165, 1.54) is 5.56 Å². The molecular formula is C32H47N. The number of hydrogen-bond donors (Lipinski definition) is 0. The van der Waals surface area contributed by atoms with Crippen molar-refractivity contribution in [2.45, 2.75) is 62.3 Å². The Balaban J connectivity index is -0.000000342. The van der Waals surface area contributed by atoms with Gasteiger partial charge in [0, 0.05) is 11.4 Å². The van der Waals surface area contributed by atoms with Gasteiger partial charge in [-0.3, -0.25) is 4.98 Å². The van der Waals surface area contributed by atoms with Crippen LogP contribution >= 0.6 is 0 Å². The highest BCUT2D eigenvalue weighted by molar-refractivity contribution is 5.18. The molecule has 0 radical (unpaired) electrons. The second kappa shape index (κ2) is 31.0. The Morgan fingerprint density at radius 1 is 0.333 bits per heavy atom. The molecule has 0 aliphatic heterocycles. The Hall–Kier alpha value is -3.19. The van der Waals surface area contributed by atoms with Crippen molar-refractivity contribution >= 4 is 0 Å². The summed E-state index contributed by atoms with van der Waals surface area (Å²) in [7, 11) is 0. The standard InChI is InChI=1S/C8H11N.3C6H6.3C2H6/c1-6-4-7(2)9-8(3)5-6;3*1-2-4-6-5-3-1;3*1-2/h4-5H,1-3H3;3*1-6H;3*1-2H3. The van der Waals surface area contributed by atoms with Crippen molar-refractivity contribution in [1.82, 2.24) is 4.98 Å². The van der Waals surface area contributed by atoms with Gasteiger partial charge >= 0.3 is 0 Å². The van der Waals surface area contributed by atoms with Crippen LogP contribution in [-0.4, -0.2) is 4.98 Å². The minimum atomic E-state index is 1.10. The van der Waals surface area contributed by atoms with E-state index in [4.69, 9.17) is 0 Å². The molecule has 4 rings (SSSR count). The average molecular weight is 446 g/mol. The Morgan fingerprint density at radius 2 is 0.485 bits per heavy atom. The van der Waals surface area contributed by atoms with Gasteiger partial charge in [0.15, 0.2) is 0 Å². The topological polar surface area (TPSA) is 12.9 Å². The van der Waals surface area contributed by atoms with Gasteiger partial charge in [-0.25, -0.2) is 0 Å². The zero-order valence-electron chi connectivity index (χ0n) is 22.5. The summed E-state index contributed by atoms with van der Waals surface area (Å²) >= 11 is 0. The van der Waals surface area contributed by atoms with Crippen molar-refractivity contribution in [1.29, 1.82) is 0 Å². The minimum Gasteiger partial charge on any atom is -0.258 e. The van der Waals surface area contributed by atoms with Gasteiger partial charge in [-0.2, -0.15) is 0 Å². The van der Waals surface area contributed by atoms with E-state index in [2.05, 4.69) is 24.0 Å². The Kier molecular flexibility index (Phi) is 32.3. The van der Waals surface area contributed by atoms with Crippen LogP contribution in [0.5, 0.6) is 0 Å². The van der Waals surface area contributed by atoms with Crippen LogP contribution in [0.1, 0.15) is 58.5 Å². The third-order valence-corrected chi connectivity index (χ3v) is 3.23. The quantitative estimate of drug-likeness (QED) is 0.262. The molecule has 0 fully saturated rings. The predicted molar refractivity (Wildman–Crippen MR) is 152 cm³/mol. The predicted octanol–water partition coefficient (Wildman–Crippen LogP) is 10.1. The van der Waals surface area contributed by atoms with Crippen LogP contribution in [0.25, 0.3) is 0 Å². The van der Waals surface area contributed by atoms with Crippen molar-refractivity contribution in [2.75, 3.05) is 0 Å². The molecule has 0 aliphatic rings. The highest BCUT2D eigenvalue weighted by Gasteiger charge is 1.88. The summed E-state index contributed by atoms with van der Waals surface area (Å²) < 4.78 is 0. The summed E-state index contributed by atoms with van der Waals surface area (Å²) in [6, 6.07) is 40.2. The first-order valence-electron chi connectivity index (χ1n) is 12.1. The monoisotopic (exact) mass is 445 g/mol. The van der Waals surface area contributed by atoms with E-state index in [9.17, 15) is 0 Å². The van der Waals surface area contributed by atoms with Crippen molar-refractivity contribution in [3.8, 4) is 0 Å². The molecule has 0 atom stereocenters. The molecule has 0 N–H and O–H groups in total. The molecule has 0 unspecified atom stereocenters. The van der Waals surface area contributed by atoms with E-state index in [-0.39, 0.29) is 0 Å². The van der Waals surface area contributed by atoms with E-state index in [0.29, 0.717) is 0 Å². The lowest BCUT2D eigenvalue weighted by Gasteiger charge is -1.96. The van der Waals surface area contributed by atoms with Gasteiger partial charge in [-0.1, -0.05) is 151 Å². The molecule has 180 valence electrons. The van der Waals surface area contributed by atoms with Gasteiger partial charge < -0.3 is 0 Å². The maximum absolute atomic E-state index is 4.23. The number of benzene rings is 3. The second-order valence-electron chi connectivity index (χ2n) is 5.89. The largest absolute Gasteiger partial charge is 0.258 e. The molecule has 4 aromatic rings. The number of hydrogen-bond acceptors (Lipinski definition) is 1. The Morgan fingerprint density at radius 3 is 0.606 bits per heavy atom. The Labute approximate surface area is 205 Å². The first kappa shape index (κ1) is 34.4. The van der Waals surface area contributed by atoms with Gasteiger partial charge in [0.2, 0.25) is 0 Å². The van der Waals surface area contributed by atoms with Gasteiger partial charge in [-0.15, -0.1) is 0 Å². The highest BCUT2D eigenvalue weighted by Crippen LogP contribution is 2.01. The summed E-state index contributed by atoms with van der Waals surface area (Å²) in [6.07, 6.45) is 0. The normalized spacial score (nSPS) is 7.55. The lowest BCUT2D eigenvalue weighted by atomic mass is 10.2. The van der Waals surface area contributed by atoms with Gasteiger partial charge in [0.1, 0.15) is 0 Å². The molecular weight excluding hydrogens is 398 g/mol. The van der Waals surface area contributed by atoms with Crippen LogP contribution in [0.2, 0.25) is 0 Å². The summed E-state index contributed by atoms with van der Waals surface area (Å²) in [5.74, 6) is 0. The third-order valence-electron chi connectivity index (χ3n) is 3.23. The minimum absolute atomic E-state index is 1.10. The van der Waals surface area contributed by atoms with Crippen LogP contribution < -0.4 is 0 Å². The maximum atomic E-state index is 4.23. The fraction of sp³-hybridized carbons (Fsp3) is 0.281. The molecule has 0 saturated heterocycles. The lowest BCUT2D eigenvalue weighted by molar-refractivity contribution is 1.10. The first-order chi connectivity index (χ1) is 16.2. The van der Waals surface area contributed by atoms with E-state index >= 15 is 0 Å². The number of aryl methyl sites for hydroxylation is 3. The van der Waals surface area contributed by atoms with Gasteiger partial charge in [-0.05, 0) is 38.5 Å². The fourth-order valence-electron chi connectivity index (χ4n) is 2.20. The van der Waals surface area contributed by atoms with Crippen LogP contribution in [0.4, 0.5) is 0 Å². The molecule has 0 spiro atoms. The maximum Gasteiger partial charge on any atom is 0.0378 e. The third kappa shape index (κ3) is 28.8.